The van der Waals surface area contributed by atoms with Gasteiger partial charge in [0, 0.05) is 17.4 Å². The predicted molar refractivity (Wildman–Crippen MR) is 105 cm³/mol. The SMILES string of the molecule is O=C(NC(CCSCc1ccccc1[N+](=O)[O-])C(=O)O)OCc1ccccc1. The Kier molecular flexibility index (Phi) is 8.29. The minimum atomic E-state index is -1.16. The number of carboxylic acid groups (broad SMARTS) is 1. The van der Waals surface area contributed by atoms with E-state index < -0.39 is 23.0 Å². The molecule has 2 rings (SSSR count). The van der Waals surface area contributed by atoms with Crippen LogP contribution in [0.25, 0.3) is 0 Å². The fourth-order valence-corrected chi connectivity index (χ4v) is 3.37. The molecule has 0 aliphatic carbocycles. The second-order valence-electron chi connectivity index (χ2n) is 5.82. The molecule has 0 aliphatic rings. The van der Waals surface area contributed by atoms with Gasteiger partial charge >= 0.3 is 12.1 Å². The number of hydrogen-bond acceptors (Lipinski definition) is 6. The number of nitro groups is 1. The van der Waals surface area contributed by atoms with Crippen molar-refractivity contribution in [1.29, 1.82) is 0 Å². The molecule has 1 atom stereocenters. The normalized spacial score (nSPS) is 11.4. The van der Waals surface area contributed by atoms with Crippen LogP contribution in [0, 0.1) is 10.1 Å². The zero-order valence-corrected chi connectivity index (χ0v) is 15.8. The number of para-hydroxylation sites is 1. The lowest BCUT2D eigenvalue weighted by Gasteiger charge is -2.14. The van der Waals surface area contributed by atoms with Crippen molar-refractivity contribution < 1.29 is 24.4 Å². The number of benzene rings is 2. The first-order valence-corrected chi connectivity index (χ1v) is 9.63. The molecule has 0 fully saturated rings. The summed E-state index contributed by atoms with van der Waals surface area (Å²) < 4.78 is 5.03. The Balaban J connectivity index is 1.77. The van der Waals surface area contributed by atoms with E-state index in [1.165, 1.54) is 17.8 Å². The van der Waals surface area contributed by atoms with Crippen LogP contribution in [0.4, 0.5) is 10.5 Å². The molecular formula is C19H20N2O6S. The summed E-state index contributed by atoms with van der Waals surface area (Å²) in [6, 6.07) is 14.4. The van der Waals surface area contributed by atoms with Gasteiger partial charge in [0.25, 0.3) is 5.69 Å². The number of carboxylic acids is 1. The van der Waals surface area contributed by atoms with E-state index in [2.05, 4.69) is 5.32 Å². The van der Waals surface area contributed by atoms with Gasteiger partial charge in [-0.3, -0.25) is 10.1 Å². The van der Waals surface area contributed by atoms with Gasteiger partial charge < -0.3 is 15.2 Å². The number of amides is 1. The average molecular weight is 404 g/mol. The highest BCUT2D eigenvalue weighted by Crippen LogP contribution is 2.23. The summed E-state index contributed by atoms with van der Waals surface area (Å²) in [5, 5.41) is 22.6. The Morgan fingerprint density at radius 1 is 1.14 bits per heavy atom. The van der Waals surface area contributed by atoms with Crippen LogP contribution in [0.3, 0.4) is 0 Å². The predicted octanol–water partition coefficient (Wildman–Crippen LogP) is 3.60. The summed E-state index contributed by atoms with van der Waals surface area (Å²) in [7, 11) is 0. The standard InChI is InChI=1S/C19H20N2O6S/c22-18(23)16(20-19(24)27-12-14-6-2-1-3-7-14)10-11-28-13-15-8-4-5-9-17(15)21(25)26/h1-9,16H,10-13H2,(H,20,24)(H,22,23). The Morgan fingerprint density at radius 2 is 1.82 bits per heavy atom. The number of alkyl carbamates (subject to hydrolysis) is 1. The first-order valence-electron chi connectivity index (χ1n) is 8.47. The van der Waals surface area contributed by atoms with E-state index in [1.54, 1.807) is 30.3 Å². The molecule has 28 heavy (non-hydrogen) atoms. The molecule has 8 nitrogen and oxygen atoms in total. The summed E-state index contributed by atoms with van der Waals surface area (Å²) in [4.78, 5) is 33.7. The third kappa shape index (κ3) is 6.92. The van der Waals surface area contributed by atoms with Crippen molar-refractivity contribution in [3.63, 3.8) is 0 Å². The molecule has 0 bridgehead atoms. The average Bonchev–Trinajstić information content (AvgIpc) is 2.69. The number of nitrogens with one attached hydrogen (secondary N) is 1. The van der Waals surface area contributed by atoms with Gasteiger partial charge in [0.2, 0.25) is 0 Å². The summed E-state index contributed by atoms with van der Waals surface area (Å²) in [5.41, 5.74) is 1.40. The number of hydrogen-bond donors (Lipinski definition) is 2. The number of nitrogens with zero attached hydrogens (tertiary/aromatic N) is 1. The fourth-order valence-electron chi connectivity index (χ4n) is 2.36. The van der Waals surface area contributed by atoms with Gasteiger partial charge in [-0.25, -0.2) is 9.59 Å². The number of aliphatic carboxylic acids is 1. The second-order valence-corrected chi connectivity index (χ2v) is 6.93. The van der Waals surface area contributed by atoms with Gasteiger partial charge in [0.05, 0.1) is 4.92 Å². The molecule has 2 aromatic rings. The van der Waals surface area contributed by atoms with Crippen molar-refractivity contribution in [1.82, 2.24) is 5.32 Å². The lowest BCUT2D eigenvalue weighted by molar-refractivity contribution is -0.385. The lowest BCUT2D eigenvalue weighted by Crippen LogP contribution is -2.41. The maximum absolute atomic E-state index is 11.8. The molecule has 9 heteroatoms. The van der Waals surface area contributed by atoms with Gasteiger partial charge in [-0.2, -0.15) is 11.8 Å². The van der Waals surface area contributed by atoms with Crippen molar-refractivity contribution in [2.75, 3.05) is 5.75 Å². The van der Waals surface area contributed by atoms with E-state index in [9.17, 15) is 24.8 Å². The van der Waals surface area contributed by atoms with Crippen molar-refractivity contribution in [3.05, 3.63) is 75.8 Å². The largest absolute Gasteiger partial charge is 0.480 e. The first-order chi connectivity index (χ1) is 13.5. The number of carbonyl (C=O) groups excluding carboxylic acids is 1. The molecule has 2 aromatic carbocycles. The molecule has 1 unspecified atom stereocenters. The fraction of sp³-hybridized carbons (Fsp3) is 0.263. The Labute approximate surface area is 166 Å². The zero-order valence-electron chi connectivity index (χ0n) is 14.9. The van der Waals surface area contributed by atoms with Crippen LogP contribution in [-0.2, 0) is 21.9 Å². The van der Waals surface area contributed by atoms with E-state index in [1.807, 2.05) is 18.2 Å². The Morgan fingerprint density at radius 3 is 2.50 bits per heavy atom. The van der Waals surface area contributed by atoms with Gasteiger partial charge in [-0.15, -0.1) is 0 Å². The van der Waals surface area contributed by atoms with Crippen LogP contribution in [0.2, 0.25) is 0 Å². The molecule has 0 saturated carbocycles. The number of nitro benzene ring substituents is 1. The van der Waals surface area contributed by atoms with Gasteiger partial charge in [0.1, 0.15) is 12.6 Å². The third-order valence-corrected chi connectivity index (χ3v) is 4.84. The Bertz CT molecular complexity index is 815. The van der Waals surface area contributed by atoms with Crippen molar-refractivity contribution in [3.8, 4) is 0 Å². The molecule has 148 valence electrons. The monoisotopic (exact) mass is 404 g/mol. The number of rotatable bonds is 10. The topological polar surface area (TPSA) is 119 Å². The summed E-state index contributed by atoms with van der Waals surface area (Å²) >= 11 is 1.36. The molecule has 1 amide bonds. The van der Waals surface area contributed by atoms with E-state index >= 15 is 0 Å². The van der Waals surface area contributed by atoms with Crippen LogP contribution < -0.4 is 5.32 Å². The van der Waals surface area contributed by atoms with Crippen LogP contribution in [-0.4, -0.2) is 33.9 Å². The zero-order chi connectivity index (χ0) is 20.4. The van der Waals surface area contributed by atoms with E-state index in [0.717, 1.165) is 5.56 Å². The second kappa shape index (κ2) is 10.9. The van der Waals surface area contributed by atoms with Gasteiger partial charge in [0.15, 0.2) is 0 Å². The first kappa shape index (κ1) is 21.2. The molecular weight excluding hydrogens is 384 g/mol. The molecule has 0 spiro atoms. The van der Waals surface area contributed by atoms with Crippen molar-refractivity contribution in [2.45, 2.75) is 24.8 Å². The molecule has 0 aromatic heterocycles. The highest BCUT2D eigenvalue weighted by Gasteiger charge is 2.21. The van der Waals surface area contributed by atoms with Crippen molar-refractivity contribution >= 4 is 29.5 Å². The Hall–Kier alpha value is -3.07. The van der Waals surface area contributed by atoms with Gasteiger partial charge in [-0.05, 0) is 17.7 Å². The minimum Gasteiger partial charge on any atom is -0.480 e. The maximum Gasteiger partial charge on any atom is 0.408 e. The van der Waals surface area contributed by atoms with E-state index in [0.29, 0.717) is 17.1 Å². The molecule has 0 saturated heterocycles. The molecule has 0 heterocycles. The number of thioether (sulfide) groups is 1. The number of ether oxygens (including phenoxy) is 1. The van der Waals surface area contributed by atoms with E-state index in [-0.39, 0.29) is 18.7 Å². The van der Waals surface area contributed by atoms with Crippen molar-refractivity contribution in [2.24, 2.45) is 0 Å². The van der Waals surface area contributed by atoms with Crippen LogP contribution in [0.5, 0.6) is 0 Å². The lowest BCUT2D eigenvalue weighted by atomic mass is 10.2. The van der Waals surface area contributed by atoms with Crippen LogP contribution >= 0.6 is 11.8 Å². The van der Waals surface area contributed by atoms with Crippen LogP contribution in [0.15, 0.2) is 54.6 Å². The summed E-state index contributed by atoms with van der Waals surface area (Å²) in [6.07, 6.45) is -0.638. The smallest absolute Gasteiger partial charge is 0.408 e. The van der Waals surface area contributed by atoms with Crippen LogP contribution in [0.1, 0.15) is 17.5 Å². The summed E-state index contributed by atoms with van der Waals surface area (Å²) in [6.45, 7) is 0.0471. The number of carbonyl (C=O) groups is 2. The summed E-state index contributed by atoms with van der Waals surface area (Å²) in [5.74, 6) is -0.382. The molecule has 2 N–H and O–H groups in total. The van der Waals surface area contributed by atoms with Gasteiger partial charge in [-0.1, -0.05) is 48.5 Å². The molecule has 0 radical (unpaired) electrons. The highest BCUT2D eigenvalue weighted by atomic mass is 32.2. The molecule has 0 aliphatic heterocycles. The maximum atomic E-state index is 11.8. The van der Waals surface area contributed by atoms with E-state index in [4.69, 9.17) is 4.74 Å². The highest BCUT2D eigenvalue weighted by molar-refractivity contribution is 7.98. The minimum absolute atomic E-state index is 0.0346. The third-order valence-electron chi connectivity index (χ3n) is 3.80. The quantitative estimate of drug-likeness (QED) is 0.353.